The van der Waals surface area contributed by atoms with Crippen LogP contribution in [0.15, 0.2) is 77.7 Å². The topological polar surface area (TPSA) is 46.5 Å². The zero-order chi connectivity index (χ0) is 19.2. The number of halogens is 2. The van der Waals surface area contributed by atoms with Gasteiger partial charge in [0.1, 0.15) is 16.7 Å². The number of ether oxygens (including phenoxy) is 1. The van der Waals surface area contributed by atoms with E-state index in [2.05, 4.69) is 0 Å². The van der Waals surface area contributed by atoms with Crippen molar-refractivity contribution in [2.45, 2.75) is 16.6 Å². The molecule has 3 aromatic rings. The van der Waals surface area contributed by atoms with E-state index >= 15 is 0 Å². The van der Waals surface area contributed by atoms with Crippen LogP contribution in [-0.2, 0) is 11.2 Å². The Kier molecular flexibility index (Phi) is 6.67. The first-order chi connectivity index (χ1) is 13.0. The fourth-order valence-electron chi connectivity index (χ4n) is 2.48. The van der Waals surface area contributed by atoms with Crippen molar-refractivity contribution in [3.05, 3.63) is 88.4 Å². The lowest BCUT2D eigenvalue weighted by molar-refractivity contribution is -0.136. The lowest BCUT2D eigenvalue weighted by Crippen LogP contribution is -2.19. The monoisotopic (exact) mass is 418 g/mol. The maximum atomic E-state index is 11.8. The molecule has 1 atom stereocenters. The van der Waals surface area contributed by atoms with Crippen molar-refractivity contribution in [1.82, 2.24) is 0 Å². The highest BCUT2D eigenvalue weighted by molar-refractivity contribution is 8.00. The average Bonchev–Trinajstić information content (AvgIpc) is 2.66. The number of carboxylic acid groups (broad SMARTS) is 1. The minimum absolute atomic E-state index is 0.269. The minimum atomic E-state index is -0.902. The summed E-state index contributed by atoms with van der Waals surface area (Å²) in [6.07, 6.45) is 0.269. The van der Waals surface area contributed by atoms with Gasteiger partial charge in [0.05, 0.1) is 0 Å². The third kappa shape index (κ3) is 5.67. The minimum Gasteiger partial charge on any atom is -0.480 e. The lowest BCUT2D eigenvalue weighted by atomic mass is 10.1. The van der Waals surface area contributed by atoms with E-state index in [-0.39, 0.29) is 6.42 Å². The van der Waals surface area contributed by atoms with E-state index in [0.717, 1.165) is 10.5 Å². The molecular weight excluding hydrogens is 403 g/mol. The van der Waals surface area contributed by atoms with E-state index < -0.39 is 11.2 Å². The third-order valence-corrected chi connectivity index (χ3v) is 5.45. The second-order valence-corrected chi connectivity index (χ2v) is 7.92. The van der Waals surface area contributed by atoms with Crippen molar-refractivity contribution in [3.63, 3.8) is 0 Å². The highest BCUT2D eigenvalue weighted by atomic mass is 35.5. The Morgan fingerprint density at radius 2 is 1.63 bits per heavy atom. The Hall–Kier alpha value is -2.14. The van der Waals surface area contributed by atoms with Gasteiger partial charge >= 0.3 is 5.97 Å². The highest BCUT2D eigenvalue weighted by Crippen LogP contribution is 2.33. The molecule has 3 rings (SSSR count). The smallest absolute Gasteiger partial charge is 0.317 e. The van der Waals surface area contributed by atoms with E-state index in [9.17, 15) is 9.90 Å². The van der Waals surface area contributed by atoms with E-state index in [4.69, 9.17) is 27.9 Å². The Bertz CT molecular complexity index is 914. The van der Waals surface area contributed by atoms with Crippen LogP contribution in [0.2, 0.25) is 10.0 Å². The van der Waals surface area contributed by atoms with Crippen LogP contribution in [0.5, 0.6) is 11.5 Å². The summed E-state index contributed by atoms with van der Waals surface area (Å²) in [5.74, 6) is 0.368. The van der Waals surface area contributed by atoms with Crippen LogP contribution < -0.4 is 4.74 Å². The molecular formula is C21H16Cl2O3S. The number of carbonyl (C=O) groups is 1. The number of benzene rings is 3. The molecule has 138 valence electrons. The molecule has 0 saturated carbocycles. The Morgan fingerprint density at radius 1 is 0.963 bits per heavy atom. The molecule has 27 heavy (non-hydrogen) atoms. The Labute approximate surface area is 171 Å². The van der Waals surface area contributed by atoms with Gasteiger partial charge in [-0.05, 0) is 66.6 Å². The quantitative estimate of drug-likeness (QED) is 0.440. The summed E-state index contributed by atoms with van der Waals surface area (Å²) < 4.78 is 5.93. The number of para-hydroxylation sites is 1. The molecule has 3 aromatic carbocycles. The number of hydrogen-bond donors (Lipinski definition) is 1. The van der Waals surface area contributed by atoms with Crippen LogP contribution in [0, 0.1) is 0 Å². The van der Waals surface area contributed by atoms with Crippen LogP contribution in [-0.4, -0.2) is 16.3 Å². The molecule has 0 bridgehead atoms. The van der Waals surface area contributed by atoms with Crippen molar-refractivity contribution in [2.75, 3.05) is 0 Å². The molecule has 0 saturated heterocycles. The molecule has 0 amide bonds. The van der Waals surface area contributed by atoms with Crippen LogP contribution in [0.3, 0.4) is 0 Å². The molecule has 0 spiro atoms. The SMILES string of the molecule is O=C(O)[C@@H](Cc1cc(Cl)ccc1Oc1ccccc1)Sc1ccc(Cl)cc1. The molecule has 0 unspecified atom stereocenters. The number of thioether (sulfide) groups is 1. The molecule has 0 heterocycles. The van der Waals surface area contributed by atoms with Gasteiger partial charge in [-0.15, -0.1) is 11.8 Å². The fourth-order valence-corrected chi connectivity index (χ4v) is 3.79. The largest absolute Gasteiger partial charge is 0.480 e. The second kappa shape index (κ2) is 9.18. The van der Waals surface area contributed by atoms with Gasteiger partial charge in [0.2, 0.25) is 0 Å². The predicted octanol–water partition coefficient (Wildman–Crippen LogP) is 6.57. The van der Waals surface area contributed by atoms with Gasteiger partial charge in [-0.25, -0.2) is 0 Å². The third-order valence-electron chi connectivity index (χ3n) is 3.77. The summed E-state index contributed by atoms with van der Waals surface area (Å²) in [6, 6.07) is 21.7. The molecule has 1 N–H and O–H groups in total. The molecule has 3 nitrogen and oxygen atoms in total. The second-order valence-electron chi connectivity index (χ2n) is 5.77. The van der Waals surface area contributed by atoms with Gasteiger partial charge < -0.3 is 9.84 Å². The van der Waals surface area contributed by atoms with E-state index in [1.807, 2.05) is 42.5 Å². The summed E-state index contributed by atoms with van der Waals surface area (Å²) in [6.45, 7) is 0. The average molecular weight is 419 g/mol. The van der Waals surface area contributed by atoms with Crippen LogP contribution in [0.4, 0.5) is 0 Å². The summed E-state index contributed by atoms with van der Waals surface area (Å²) in [5, 5.41) is 10.1. The Morgan fingerprint density at radius 3 is 2.30 bits per heavy atom. The first-order valence-corrected chi connectivity index (χ1v) is 9.81. The fraction of sp³-hybridized carbons (Fsp3) is 0.0952. The van der Waals surface area contributed by atoms with Crippen LogP contribution >= 0.6 is 35.0 Å². The summed E-state index contributed by atoms with van der Waals surface area (Å²) >= 11 is 13.3. The number of rotatable bonds is 7. The van der Waals surface area contributed by atoms with Crippen molar-refractivity contribution in [2.24, 2.45) is 0 Å². The lowest BCUT2D eigenvalue weighted by Gasteiger charge is -2.16. The van der Waals surface area contributed by atoms with E-state index in [1.54, 1.807) is 30.3 Å². The van der Waals surface area contributed by atoms with Crippen molar-refractivity contribution in [1.29, 1.82) is 0 Å². The van der Waals surface area contributed by atoms with Gasteiger partial charge in [0, 0.05) is 14.9 Å². The summed E-state index contributed by atoms with van der Waals surface area (Å²) in [7, 11) is 0. The number of carboxylic acids is 1. The van der Waals surface area contributed by atoms with Gasteiger partial charge in [-0.2, -0.15) is 0 Å². The number of hydrogen-bond acceptors (Lipinski definition) is 3. The van der Waals surface area contributed by atoms with Crippen molar-refractivity contribution >= 4 is 40.9 Å². The molecule has 0 radical (unpaired) electrons. The molecule has 0 fully saturated rings. The molecule has 0 aromatic heterocycles. The van der Waals surface area contributed by atoms with Gasteiger partial charge in [-0.3, -0.25) is 4.79 Å². The molecule has 0 aliphatic rings. The zero-order valence-electron chi connectivity index (χ0n) is 14.1. The van der Waals surface area contributed by atoms with Gasteiger partial charge in [0.15, 0.2) is 0 Å². The van der Waals surface area contributed by atoms with Crippen LogP contribution in [0.25, 0.3) is 0 Å². The van der Waals surface area contributed by atoms with E-state index in [0.29, 0.717) is 21.5 Å². The normalized spacial score (nSPS) is 11.8. The van der Waals surface area contributed by atoms with Crippen LogP contribution in [0.1, 0.15) is 5.56 Å². The zero-order valence-corrected chi connectivity index (χ0v) is 16.5. The van der Waals surface area contributed by atoms with E-state index in [1.165, 1.54) is 11.8 Å². The summed E-state index contributed by atoms with van der Waals surface area (Å²) in [5.41, 5.74) is 0.736. The summed E-state index contributed by atoms with van der Waals surface area (Å²) in [4.78, 5) is 12.6. The molecule has 6 heteroatoms. The maximum Gasteiger partial charge on any atom is 0.317 e. The van der Waals surface area contributed by atoms with Gasteiger partial charge in [0.25, 0.3) is 0 Å². The Balaban J connectivity index is 1.83. The first kappa shape index (κ1) is 19.6. The standard InChI is InChI=1S/C21H16Cl2O3S/c22-15-6-9-18(10-7-15)27-20(21(24)25)13-14-12-16(23)8-11-19(14)26-17-4-2-1-3-5-17/h1-12,20H,13H2,(H,24,25)/t20-/m1/s1. The highest BCUT2D eigenvalue weighted by Gasteiger charge is 2.22. The van der Waals surface area contributed by atoms with Gasteiger partial charge in [-0.1, -0.05) is 41.4 Å². The maximum absolute atomic E-state index is 11.8. The predicted molar refractivity (Wildman–Crippen MR) is 110 cm³/mol. The van der Waals surface area contributed by atoms with Crippen molar-refractivity contribution < 1.29 is 14.6 Å². The molecule has 0 aliphatic heterocycles. The number of aliphatic carboxylic acids is 1. The molecule has 0 aliphatic carbocycles. The first-order valence-electron chi connectivity index (χ1n) is 8.17. The van der Waals surface area contributed by atoms with Crippen molar-refractivity contribution in [3.8, 4) is 11.5 Å².